The maximum absolute atomic E-state index is 5.79. The van der Waals surface area contributed by atoms with Crippen molar-refractivity contribution in [2.75, 3.05) is 13.2 Å². The topological polar surface area (TPSA) is 57.4 Å². The first-order valence-electron chi connectivity index (χ1n) is 5.26. The molecule has 0 amide bonds. The fourth-order valence-corrected chi connectivity index (χ4v) is 1.78. The number of pyridine rings is 1. The monoisotopic (exact) mass is 238 g/mol. The van der Waals surface area contributed by atoms with Gasteiger partial charge in [0.05, 0.1) is 18.8 Å². The van der Waals surface area contributed by atoms with Gasteiger partial charge in [-0.3, -0.25) is 0 Å². The molecule has 0 atom stereocenters. The van der Waals surface area contributed by atoms with E-state index in [-0.39, 0.29) is 6.10 Å². The van der Waals surface area contributed by atoms with Crippen LogP contribution in [-0.4, -0.2) is 29.3 Å². The summed E-state index contributed by atoms with van der Waals surface area (Å²) in [7, 11) is 0. The SMILES string of the molecule is NC(=S)c1cccnc1OC1CCOCC1. The van der Waals surface area contributed by atoms with Crippen molar-refractivity contribution in [1.82, 2.24) is 4.98 Å². The number of ether oxygens (including phenoxy) is 2. The second kappa shape index (κ2) is 5.23. The maximum Gasteiger partial charge on any atom is 0.223 e. The predicted octanol–water partition coefficient (Wildman–Crippen LogP) is 1.27. The van der Waals surface area contributed by atoms with E-state index in [1.165, 1.54) is 0 Å². The number of nitrogens with two attached hydrogens (primary N) is 1. The molecule has 2 N–H and O–H groups in total. The fourth-order valence-electron chi connectivity index (χ4n) is 1.62. The molecule has 1 saturated heterocycles. The van der Waals surface area contributed by atoms with Crippen LogP contribution in [0.15, 0.2) is 18.3 Å². The molecule has 5 heteroatoms. The number of hydrogen-bond donors (Lipinski definition) is 1. The largest absolute Gasteiger partial charge is 0.474 e. The molecular weight excluding hydrogens is 224 g/mol. The number of nitrogens with zero attached hydrogens (tertiary/aromatic N) is 1. The molecule has 1 aromatic heterocycles. The Morgan fingerprint density at radius 1 is 1.50 bits per heavy atom. The highest BCUT2D eigenvalue weighted by molar-refractivity contribution is 7.80. The molecule has 1 fully saturated rings. The van der Waals surface area contributed by atoms with Crippen molar-refractivity contribution in [3.05, 3.63) is 23.9 Å². The zero-order valence-electron chi connectivity index (χ0n) is 8.89. The summed E-state index contributed by atoms with van der Waals surface area (Å²) in [5, 5.41) is 0. The maximum atomic E-state index is 5.79. The molecule has 0 aliphatic carbocycles. The Hall–Kier alpha value is -1.20. The average Bonchev–Trinajstić information content (AvgIpc) is 2.31. The Morgan fingerprint density at radius 2 is 2.25 bits per heavy atom. The van der Waals surface area contributed by atoms with Gasteiger partial charge in [-0.2, -0.15) is 0 Å². The Morgan fingerprint density at radius 3 is 2.94 bits per heavy atom. The molecule has 0 saturated carbocycles. The molecule has 86 valence electrons. The molecule has 1 aliphatic heterocycles. The van der Waals surface area contributed by atoms with Gasteiger partial charge < -0.3 is 15.2 Å². The molecule has 0 bridgehead atoms. The summed E-state index contributed by atoms with van der Waals surface area (Å²) in [4.78, 5) is 4.48. The van der Waals surface area contributed by atoms with Crippen LogP contribution in [0.1, 0.15) is 18.4 Å². The van der Waals surface area contributed by atoms with Crippen molar-refractivity contribution < 1.29 is 9.47 Å². The second-order valence-electron chi connectivity index (χ2n) is 3.65. The fraction of sp³-hybridized carbons (Fsp3) is 0.455. The van der Waals surface area contributed by atoms with E-state index in [9.17, 15) is 0 Å². The standard InChI is InChI=1S/C11H14N2O2S/c12-10(16)9-2-1-5-13-11(9)15-8-3-6-14-7-4-8/h1-2,5,8H,3-4,6-7H2,(H2,12,16). The van der Waals surface area contributed by atoms with Crippen LogP contribution in [0.5, 0.6) is 5.88 Å². The first-order valence-corrected chi connectivity index (χ1v) is 5.67. The number of aromatic nitrogens is 1. The molecule has 1 aliphatic rings. The normalized spacial score (nSPS) is 17.0. The molecule has 2 heterocycles. The Bertz CT molecular complexity index is 378. The lowest BCUT2D eigenvalue weighted by Gasteiger charge is -2.23. The van der Waals surface area contributed by atoms with E-state index in [2.05, 4.69) is 4.98 Å². The number of hydrogen-bond acceptors (Lipinski definition) is 4. The third kappa shape index (κ3) is 2.68. The van der Waals surface area contributed by atoms with Crippen molar-refractivity contribution >= 4 is 17.2 Å². The van der Waals surface area contributed by atoms with E-state index in [0.29, 0.717) is 16.4 Å². The Kier molecular flexibility index (Phi) is 3.69. The van der Waals surface area contributed by atoms with Crippen molar-refractivity contribution in [3.8, 4) is 5.88 Å². The smallest absolute Gasteiger partial charge is 0.223 e. The van der Waals surface area contributed by atoms with Crippen LogP contribution in [0.3, 0.4) is 0 Å². The lowest BCUT2D eigenvalue weighted by atomic mass is 10.1. The Balaban J connectivity index is 2.10. The summed E-state index contributed by atoms with van der Waals surface area (Å²) in [6, 6.07) is 3.62. The molecular formula is C11H14N2O2S. The highest BCUT2D eigenvalue weighted by Gasteiger charge is 2.17. The van der Waals surface area contributed by atoms with E-state index in [1.54, 1.807) is 12.3 Å². The first kappa shape index (κ1) is 11.3. The van der Waals surface area contributed by atoms with Gasteiger partial charge in [-0.15, -0.1) is 0 Å². The zero-order valence-corrected chi connectivity index (χ0v) is 9.70. The van der Waals surface area contributed by atoms with Crippen LogP contribution in [0.4, 0.5) is 0 Å². The molecule has 0 radical (unpaired) electrons. The minimum Gasteiger partial charge on any atom is -0.474 e. The van der Waals surface area contributed by atoms with Crippen LogP contribution < -0.4 is 10.5 Å². The van der Waals surface area contributed by atoms with Crippen molar-refractivity contribution in [2.24, 2.45) is 5.73 Å². The third-order valence-corrected chi connectivity index (χ3v) is 2.70. The van der Waals surface area contributed by atoms with Crippen molar-refractivity contribution in [2.45, 2.75) is 18.9 Å². The highest BCUT2D eigenvalue weighted by Crippen LogP contribution is 2.19. The minimum absolute atomic E-state index is 0.150. The molecule has 0 unspecified atom stereocenters. The molecule has 4 nitrogen and oxygen atoms in total. The van der Waals surface area contributed by atoms with Gasteiger partial charge >= 0.3 is 0 Å². The van der Waals surface area contributed by atoms with Gasteiger partial charge in [0.2, 0.25) is 5.88 Å². The van der Waals surface area contributed by atoms with Gasteiger partial charge in [0.15, 0.2) is 0 Å². The number of thiocarbonyl (C=S) groups is 1. The van der Waals surface area contributed by atoms with Crippen molar-refractivity contribution in [3.63, 3.8) is 0 Å². The zero-order chi connectivity index (χ0) is 11.4. The van der Waals surface area contributed by atoms with Crippen LogP contribution in [-0.2, 0) is 4.74 Å². The van der Waals surface area contributed by atoms with E-state index < -0.39 is 0 Å². The third-order valence-electron chi connectivity index (χ3n) is 2.48. The van der Waals surface area contributed by atoms with E-state index >= 15 is 0 Å². The van der Waals surface area contributed by atoms with Gasteiger partial charge in [-0.25, -0.2) is 4.98 Å². The summed E-state index contributed by atoms with van der Waals surface area (Å²) in [6.07, 6.45) is 3.59. The Labute approximate surface area is 99.8 Å². The van der Waals surface area contributed by atoms with Crippen LogP contribution >= 0.6 is 12.2 Å². The van der Waals surface area contributed by atoms with Gasteiger partial charge in [-0.1, -0.05) is 12.2 Å². The number of rotatable bonds is 3. The van der Waals surface area contributed by atoms with E-state index in [1.807, 2.05) is 6.07 Å². The lowest BCUT2D eigenvalue weighted by Crippen LogP contribution is -2.27. The van der Waals surface area contributed by atoms with Gasteiger partial charge in [-0.05, 0) is 12.1 Å². The van der Waals surface area contributed by atoms with Gasteiger partial charge in [0.25, 0.3) is 0 Å². The summed E-state index contributed by atoms with van der Waals surface area (Å²) in [5.41, 5.74) is 6.30. The second-order valence-corrected chi connectivity index (χ2v) is 4.09. The summed E-state index contributed by atoms with van der Waals surface area (Å²) in [6.45, 7) is 1.47. The molecule has 16 heavy (non-hydrogen) atoms. The van der Waals surface area contributed by atoms with Crippen LogP contribution in [0.25, 0.3) is 0 Å². The summed E-state index contributed by atoms with van der Waals surface area (Å²) in [5.74, 6) is 0.530. The van der Waals surface area contributed by atoms with Crippen molar-refractivity contribution in [1.29, 1.82) is 0 Å². The van der Waals surface area contributed by atoms with E-state index in [0.717, 1.165) is 26.1 Å². The first-order chi connectivity index (χ1) is 7.77. The van der Waals surface area contributed by atoms with Crippen LogP contribution in [0, 0.1) is 0 Å². The van der Waals surface area contributed by atoms with Gasteiger partial charge in [0, 0.05) is 19.0 Å². The van der Waals surface area contributed by atoms with Crippen LogP contribution in [0.2, 0.25) is 0 Å². The highest BCUT2D eigenvalue weighted by atomic mass is 32.1. The average molecular weight is 238 g/mol. The van der Waals surface area contributed by atoms with E-state index in [4.69, 9.17) is 27.4 Å². The quantitative estimate of drug-likeness (QED) is 0.804. The predicted molar refractivity (Wildman–Crippen MR) is 64.6 cm³/mol. The molecule has 2 rings (SSSR count). The van der Waals surface area contributed by atoms with Gasteiger partial charge in [0.1, 0.15) is 11.1 Å². The minimum atomic E-state index is 0.150. The molecule has 0 spiro atoms. The molecule has 1 aromatic rings. The lowest BCUT2D eigenvalue weighted by molar-refractivity contribution is 0.0237. The summed E-state index contributed by atoms with van der Waals surface area (Å²) >= 11 is 4.95. The molecule has 0 aromatic carbocycles. The summed E-state index contributed by atoms with van der Waals surface area (Å²) < 4.78 is 11.1.